The topological polar surface area (TPSA) is 80.4 Å². The Labute approximate surface area is 160 Å². The number of carbonyl (C=O) groups excluding carboxylic acids is 1. The Morgan fingerprint density at radius 1 is 1.29 bits per heavy atom. The molecule has 2 aromatic rings. The standard InChI is InChI=1S/C20H21F3N4O/c1-12-6-7-16(25-11-12)18(28)26-15-5-3-4-13(8-15)19(2)10-14(20(21,22)23)9-17(24)27-19/h3-8,11,14H,9-10H2,1-2H3,(H2,24,27)(H,26,28). The number of alkyl halides is 3. The van der Waals surface area contributed by atoms with Crippen LogP contribution in [0.5, 0.6) is 0 Å². The van der Waals surface area contributed by atoms with Crippen molar-refractivity contribution in [1.29, 1.82) is 0 Å². The Hall–Kier alpha value is -2.90. The third kappa shape index (κ3) is 4.32. The van der Waals surface area contributed by atoms with Crippen LogP contribution < -0.4 is 11.1 Å². The second-order valence-electron chi connectivity index (χ2n) is 7.28. The summed E-state index contributed by atoms with van der Waals surface area (Å²) in [7, 11) is 0. The molecule has 0 spiro atoms. The van der Waals surface area contributed by atoms with Gasteiger partial charge in [-0.3, -0.25) is 14.8 Å². The van der Waals surface area contributed by atoms with Crippen molar-refractivity contribution in [2.75, 3.05) is 5.32 Å². The SMILES string of the molecule is Cc1ccc(C(=O)Nc2cccc(C3(C)CC(C(F)(F)F)CC(N)=N3)c2)nc1. The summed E-state index contributed by atoms with van der Waals surface area (Å²) in [5.74, 6) is -1.97. The minimum atomic E-state index is -4.34. The van der Waals surface area contributed by atoms with E-state index in [1.165, 1.54) is 0 Å². The number of anilines is 1. The molecular weight excluding hydrogens is 369 g/mol. The molecule has 2 unspecified atom stereocenters. The molecule has 1 aromatic carbocycles. The fourth-order valence-electron chi connectivity index (χ4n) is 3.36. The van der Waals surface area contributed by atoms with Gasteiger partial charge >= 0.3 is 6.18 Å². The lowest BCUT2D eigenvalue weighted by Crippen LogP contribution is -2.40. The summed E-state index contributed by atoms with van der Waals surface area (Å²) < 4.78 is 39.8. The number of rotatable bonds is 3. The van der Waals surface area contributed by atoms with Crippen LogP contribution in [-0.2, 0) is 5.54 Å². The molecule has 148 valence electrons. The van der Waals surface area contributed by atoms with Crippen molar-refractivity contribution < 1.29 is 18.0 Å². The number of nitrogens with zero attached hydrogens (tertiary/aromatic N) is 2. The highest BCUT2D eigenvalue weighted by Crippen LogP contribution is 2.44. The number of benzene rings is 1. The van der Waals surface area contributed by atoms with Crippen molar-refractivity contribution >= 4 is 17.4 Å². The Morgan fingerprint density at radius 3 is 2.68 bits per heavy atom. The van der Waals surface area contributed by atoms with Gasteiger partial charge in [0.25, 0.3) is 5.91 Å². The van der Waals surface area contributed by atoms with E-state index in [4.69, 9.17) is 5.73 Å². The van der Waals surface area contributed by atoms with E-state index >= 15 is 0 Å². The highest BCUT2D eigenvalue weighted by atomic mass is 19.4. The third-order valence-electron chi connectivity index (χ3n) is 4.84. The largest absolute Gasteiger partial charge is 0.392 e. The smallest absolute Gasteiger partial charge is 0.387 e. The van der Waals surface area contributed by atoms with E-state index < -0.39 is 23.5 Å². The quantitative estimate of drug-likeness (QED) is 0.825. The number of aromatic nitrogens is 1. The average molecular weight is 390 g/mol. The number of hydrogen-bond acceptors (Lipinski definition) is 4. The number of aryl methyl sites for hydroxylation is 1. The summed E-state index contributed by atoms with van der Waals surface area (Å²) in [6.07, 6.45) is -3.25. The molecule has 1 amide bonds. The van der Waals surface area contributed by atoms with Gasteiger partial charge in [-0.2, -0.15) is 13.2 Å². The fourth-order valence-corrected chi connectivity index (χ4v) is 3.36. The number of amidine groups is 1. The maximum atomic E-state index is 13.3. The lowest BCUT2D eigenvalue weighted by molar-refractivity contribution is -0.179. The molecule has 0 bridgehead atoms. The molecule has 1 aliphatic heterocycles. The van der Waals surface area contributed by atoms with Gasteiger partial charge in [0.1, 0.15) is 5.69 Å². The van der Waals surface area contributed by atoms with E-state index in [1.54, 1.807) is 49.5 Å². The molecule has 3 rings (SSSR count). The molecular formula is C20H21F3N4O. The summed E-state index contributed by atoms with van der Waals surface area (Å²) in [4.78, 5) is 20.7. The second kappa shape index (κ2) is 7.26. The van der Waals surface area contributed by atoms with E-state index in [9.17, 15) is 18.0 Å². The van der Waals surface area contributed by atoms with Crippen LogP contribution in [0.4, 0.5) is 18.9 Å². The van der Waals surface area contributed by atoms with Gasteiger partial charge in [-0.05, 0) is 49.6 Å². The van der Waals surface area contributed by atoms with Gasteiger partial charge in [0.15, 0.2) is 0 Å². The zero-order valence-corrected chi connectivity index (χ0v) is 15.5. The maximum absolute atomic E-state index is 13.3. The number of nitrogens with two attached hydrogens (primary N) is 1. The zero-order valence-electron chi connectivity index (χ0n) is 15.5. The summed E-state index contributed by atoms with van der Waals surface area (Å²) >= 11 is 0. The summed E-state index contributed by atoms with van der Waals surface area (Å²) in [6.45, 7) is 3.49. The molecule has 28 heavy (non-hydrogen) atoms. The number of halogens is 3. The number of aliphatic imine (C=N–C) groups is 1. The normalized spacial score (nSPS) is 22.5. The summed E-state index contributed by atoms with van der Waals surface area (Å²) in [5.41, 5.74) is 6.78. The predicted octanol–water partition coefficient (Wildman–Crippen LogP) is 4.19. The van der Waals surface area contributed by atoms with Crippen LogP contribution in [0.25, 0.3) is 0 Å². The molecule has 5 nitrogen and oxygen atoms in total. The maximum Gasteiger partial charge on any atom is 0.392 e. The Balaban J connectivity index is 1.85. The number of nitrogens with one attached hydrogen (secondary N) is 1. The minimum absolute atomic E-state index is 0.0191. The van der Waals surface area contributed by atoms with Crippen LogP contribution in [0.1, 0.15) is 41.4 Å². The molecule has 0 radical (unpaired) electrons. The first-order chi connectivity index (χ1) is 13.1. The lowest BCUT2D eigenvalue weighted by Gasteiger charge is -2.36. The van der Waals surface area contributed by atoms with Gasteiger partial charge in [-0.25, -0.2) is 0 Å². The Morgan fingerprint density at radius 2 is 2.04 bits per heavy atom. The highest BCUT2D eigenvalue weighted by Gasteiger charge is 2.47. The highest BCUT2D eigenvalue weighted by molar-refractivity contribution is 6.02. The van der Waals surface area contributed by atoms with Gasteiger partial charge in [0.2, 0.25) is 0 Å². The number of carbonyl (C=O) groups is 1. The van der Waals surface area contributed by atoms with Crippen LogP contribution in [0.2, 0.25) is 0 Å². The number of amides is 1. The zero-order chi connectivity index (χ0) is 20.5. The summed E-state index contributed by atoms with van der Waals surface area (Å²) in [6, 6.07) is 10.0. The average Bonchev–Trinajstić information content (AvgIpc) is 2.61. The lowest BCUT2D eigenvalue weighted by atomic mass is 9.79. The van der Waals surface area contributed by atoms with Gasteiger partial charge < -0.3 is 11.1 Å². The van der Waals surface area contributed by atoms with Gasteiger partial charge in [-0.1, -0.05) is 18.2 Å². The first kappa shape index (κ1) is 19.9. The second-order valence-corrected chi connectivity index (χ2v) is 7.28. The third-order valence-corrected chi connectivity index (χ3v) is 4.84. The molecule has 1 aliphatic rings. The fraction of sp³-hybridized carbons (Fsp3) is 0.350. The van der Waals surface area contributed by atoms with Crippen LogP contribution in [0.3, 0.4) is 0 Å². The minimum Gasteiger partial charge on any atom is -0.387 e. The molecule has 2 atom stereocenters. The van der Waals surface area contributed by atoms with Crippen LogP contribution in [0.15, 0.2) is 47.6 Å². The molecule has 0 fully saturated rings. The predicted molar refractivity (Wildman–Crippen MR) is 101 cm³/mol. The summed E-state index contributed by atoms with van der Waals surface area (Å²) in [5, 5.41) is 2.72. The first-order valence-corrected chi connectivity index (χ1v) is 8.82. The number of hydrogen-bond donors (Lipinski definition) is 2. The van der Waals surface area contributed by atoms with Crippen molar-refractivity contribution in [2.24, 2.45) is 16.6 Å². The van der Waals surface area contributed by atoms with E-state index in [0.717, 1.165) is 5.56 Å². The van der Waals surface area contributed by atoms with Crippen LogP contribution in [0, 0.1) is 12.8 Å². The van der Waals surface area contributed by atoms with Crippen molar-refractivity contribution in [3.8, 4) is 0 Å². The van der Waals surface area contributed by atoms with Crippen molar-refractivity contribution in [1.82, 2.24) is 4.98 Å². The van der Waals surface area contributed by atoms with Crippen LogP contribution >= 0.6 is 0 Å². The van der Waals surface area contributed by atoms with Crippen molar-refractivity contribution in [3.05, 3.63) is 59.4 Å². The van der Waals surface area contributed by atoms with Gasteiger partial charge in [-0.15, -0.1) is 0 Å². The molecule has 2 heterocycles. The van der Waals surface area contributed by atoms with E-state index in [0.29, 0.717) is 11.3 Å². The monoisotopic (exact) mass is 390 g/mol. The van der Waals surface area contributed by atoms with Gasteiger partial charge in [0, 0.05) is 18.3 Å². The first-order valence-electron chi connectivity index (χ1n) is 8.82. The Bertz CT molecular complexity index is 908. The van der Waals surface area contributed by atoms with E-state index in [2.05, 4.69) is 15.3 Å². The molecule has 0 saturated carbocycles. The molecule has 8 heteroatoms. The van der Waals surface area contributed by atoms with Crippen LogP contribution in [-0.4, -0.2) is 22.9 Å². The van der Waals surface area contributed by atoms with Crippen molar-refractivity contribution in [2.45, 2.75) is 38.4 Å². The van der Waals surface area contributed by atoms with Crippen molar-refractivity contribution in [3.63, 3.8) is 0 Å². The molecule has 1 aromatic heterocycles. The van der Waals surface area contributed by atoms with E-state index in [1.807, 2.05) is 6.92 Å². The Kier molecular flexibility index (Phi) is 5.14. The molecule has 3 N–H and O–H groups in total. The van der Waals surface area contributed by atoms with E-state index in [-0.39, 0.29) is 24.4 Å². The molecule has 0 saturated heterocycles. The molecule has 0 aliphatic carbocycles. The van der Waals surface area contributed by atoms with Gasteiger partial charge in [0.05, 0.1) is 17.3 Å². The number of pyridine rings is 1.